The van der Waals surface area contributed by atoms with E-state index in [-0.39, 0.29) is 0 Å². The fourth-order valence-electron chi connectivity index (χ4n) is 3.69. The summed E-state index contributed by atoms with van der Waals surface area (Å²) in [7, 11) is 0. The second kappa shape index (κ2) is 8.79. The Kier molecular flexibility index (Phi) is 6.42. The van der Waals surface area contributed by atoms with Crippen molar-refractivity contribution in [3.8, 4) is 0 Å². The van der Waals surface area contributed by atoms with Gasteiger partial charge in [-0.25, -0.2) is 0 Å². The van der Waals surface area contributed by atoms with E-state index in [1.54, 1.807) is 0 Å². The van der Waals surface area contributed by atoms with E-state index < -0.39 is 11.7 Å². The Morgan fingerprint density at radius 1 is 1.07 bits per heavy atom. The molecule has 0 aliphatic carbocycles. The second-order valence-corrected chi connectivity index (χ2v) is 7.32. The highest BCUT2D eigenvalue weighted by atomic mass is 19.4. The molecule has 1 unspecified atom stereocenters. The molecule has 5 heteroatoms. The van der Waals surface area contributed by atoms with Crippen molar-refractivity contribution in [3.05, 3.63) is 59.7 Å². The first-order chi connectivity index (χ1) is 13.0. The van der Waals surface area contributed by atoms with Crippen LogP contribution in [0.5, 0.6) is 0 Å². The predicted octanol–water partition coefficient (Wildman–Crippen LogP) is 6.43. The summed E-state index contributed by atoms with van der Waals surface area (Å²) in [6.45, 7) is 5.65. The maximum atomic E-state index is 12.7. The van der Waals surface area contributed by atoms with Gasteiger partial charge < -0.3 is 10.2 Å². The van der Waals surface area contributed by atoms with Gasteiger partial charge in [-0.05, 0) is 80.2 Å². The van der Waals surface area contributed by atoms with Crippen molar-refractivity contribution < 1.29 is 13.2 Å². The molecule has 1 heterocycles. The molecule has 0 amide bonds. The van der Waals surface area contributed by atoms with Crippen LogP contribution >= 0.6 is 0 Å². The SMILES string of the molecule is CCCCN1CCCC(c2cccc(Nc3ccc(C(F)(F)F)cc3)c2)C1. The average molecular weight is 376 g/mol. The van der Waals surface area contributed by atoms with Gasteiger partial charge in [0.05, 0.1) is 5.56 Å². The number of nitrogens with one attached hydrogen (secondary N) is 1. The lowest BCUT2D eigenvalue weighted by atomic mass is 9.90. The Hall–Kier alpha value is -2.01. The van der Waals surface area contributed by atoms with Crippen LogP contribution in [-0.4, -0.2) is 24.5 Å². The summed E-state index contributed by atoms with van der Waals surface area (Å²) in [5, 5.41) is 3.23. The molecule has 0 aromatic heterocycles. The molecule has 1 atom stereocenters. The first-order valence-corrected chi connectivity index (χ1v) is 9.72. The molecule has 27 heavy (non-hydrogen) atoms. The first-order valence-electron chi connectivity index (χ1n) is 9.72. The van der Waals surface area contributed by atoms with Crippen molar-refractivity contribution in [2.45, 2.75) is 44.7 Å². The van der Waals surface area contributed by atoms with Gasteiger partial charge in [-0.2, -0.15) is 13.2 Å². The fraction of sp³-hybridized carbons (Fsp3) is 0.455. The highest BCUT2D eigenvalue weighted by Crippen LogP contribution is 2.32. The Labute approximate surface area is 159 Å². The minimum absolute atomic E-state index is 0.518. The van der Waals surface area contributed by atoms with E-state index in [0.29, 0.717) is 11.6 Å². The molecule has 1 N–H and O–H groups in total. The number of rotatable bonds is 6. The molecule has 1 saturated heterocycles. The van der Waals surface area contributed by atoms with Gasteiger partial charge in [-0.15, -0.1) is 0 Å². The van der Waals surface area contributed by atoms with E-state index in [9.17, 15) is 13.2 Å². The van der Waals surface area contributed by atoms with E-state index in [2.05, 4.69) is 29.3 Å². The average Bonchev–Trinajstić information content (AvgIpc) is 2.66. The van der Waals surface area contributed by atoms with Crippen LogP contribution in [0.25, 0.3) is 0 Å². The lowest BCUT2D eigenvalue weighted by molar-refractivity contribution is -0.137. The molecule has 1 aliphatic rings. The number of likely N-dealkylation sites (tertiary alicyclic amines) is 1. The molecule has 2 aromatic rings. The number of nitrogens with zero attached hydrogens (tertiary/aromatic N) is 1. The molecule has 1 aliphatic heterocycles. The summed E-state index contributed by atoms with van der Waals surface area (Å²) in [4.78, 5) is 2.55. The monoisotopic (exact) mass is 376 g/mol. The number of benzene rings is 2. The van der Waals surface area contributed by atoms with Crippen LogP contribution in [0.1, 0.15) is 49.7 Å². The highest BCUT2D eigenvalue weighted by Gasteiger charge is 2.30. The van der Waals surface area contributed by atoms with Gasteiger partial charge in [0.25, 0.3) is 0 Å². The molecule has 0 radical (unpaired) electrons. The van der Waals surface area contributed by atoms with Crippen LogP contribution in [0, 0.1) is 0 Å². The number of alkyl halides is 3. The van der Waals surface area contributed by atoms with Crippen LogP contribution in [-0.2, 0) is 6.18 Å². The Morgan fingerprint density at radius 3 is 2.56 bits per heavy atom. The Balaban J connectivity index is 1.66. The van der Waals surface area contributed by atoms with Gasteiger partial charge >= 0.3 is 6.18 Å². The smallest absolute Gasteiger partial charge is 0.356 e. The Bertz CT molecular complexity index is 725. The lowest BCUT2D eigenvalue weighted by Gasteiger charge is -2.33. The second-order valence-electron chi connectivity index (χ2n) is 7.32. The van der Waals surface area contributed by atoms with Crippen molar-refractivity contribution in [2.24, 2.45) is 0 Å². The molecule has 2 aromatic carbocycles. The number of halogens is 3. The third kappa shape index (κ3) is 5.48. The van der Waals surface area contributed by atoms with E-state index in [1.807, 2.05) is 12.1 Å². The maximum absolute atomic E-state index is 12.7. The summed E-state index contributed by atoms with van der Waals surface area (Å²) in [5.41, 5.74) is 2.25. The standard InChI is InChI=1S/C22H27F3N2/c1-2-3-13-27-14-5-7-18(16-27)17-6-4-8-21(15-17)26-20-11-9-19(10-12-20)22(23,24)25/h4,6,8-12,15,18,26H,2-3,5,7,13-14,16H2,1H3. The zero-order valence-electron chi connectivity index (χ0n) is 15.7. The summed E-state index contributed by atoms with van der Waals surface area (Å²) in [6, 6.07) is 13.4. The van der Waals surface area contributed by atoms with E-state index in [0.717, 1.165) is 30.9 Å². The number of anilines is 2. The van der Waals surface area contributed by atoms with Crippen LogP contribution in [0.15, 0.2) is 48.5 Å². The van der Waals surface area contributed by atoms with Gasteiger partial charge in [0.1, 0.15) is 0 Å². The third-order valence-corrected chi connectivity index (χ3v) is 5.19. The van der Waals surface area contributed by atoms with E-state index in [1.165, 1.54) is 49.9 Å². The van der Waals surface area contributed by atoms with Crippen LogP contribution < -0.4 is 5.32 Å². The zero-order chi connectivity index (χ0) is 19.3. The van der Waals surface area contributed by atoms with Gasteiger partial charge in [0.2, 0.25) is 0 Å². The molecule has 3 rings (SSSR count). The van der Waals surface area contributed by atoms with Crippen molar-refractivity contribution in [1.29, 1.82) is 0 Å². The molecular weight excluding hydrogens is 349 g/mol. The van der Waals surface area contributed by atoms with E-state index in [4.69, 9.17) is 0 Å². The molecule has 0 saturated carbocycles. The van der Waals surface area contributed by atoms with Crippen molar-refractivity contribution >= 4 is 11.4 Å². The summed E-state index contributed by atoms with van der Waals surface area (Å²) >= 11 is 0. The first kappa shape index (κ1) is 19.7. The van der Waals surface area contributed by atoms with Crippen molar-refractivity contribution in [2.75, 3.05) is 25.0 Å². The molecule has 0 spiro atoms. The Morgan fingerprint density at radius 2 is 1.85 bits per heavy atom. The van der Waals surface area contributed by atoms with Gasteiger partial charge in [-0.3, -0.25) is 0 Å². The van der Waals surface area contributed by atoms with Gasteiger partial charge in [0.15, 0.2) is 0 Å². The highest BCUT2D eigenvalue weighted by molar-refractivity contribution is 5.60. The quantitative estimate of drug-likeness (QED) is 0.625. The summed E-state index contributed by atoms with van der Waals surface area (Å²) < 4.78 is 38.1. The number of unbranched alkanes of at least 4 members (excludes halogenated alkanes) is 1. The third-order valence-electron chi connectivity index (χ3n) is 5.19. The fourth-order valence-corrected chi connectivity index (χ4v) is 3.69. The minimum atomic E-state index is -4.30. The minimum Gasteiger partial charge on any atom is -0.356 e. The molecule has 146 valence electrons. The maximum Gasteiger partial charge on any atom is 0.416 e. The van der Waals surface area contributed by atoms with E-state index >= 15 is 0 Å². The van der Waals surface area contributed by atoms with Crippen LogP contribution in [0.3, 0.4) is 0 Å². The number of piperidine rings is 1. The summed E-state index contributed by atoms with van der Waals surface area (Å²) in [6.07, 6.45) is 0.552. The summed E-state index contributed by atoms with van der Waals surface area (Å²) in [5.74, 6) is 0.518. The van der Waals surface area contributed by atoms with Gasteiger partial charge in [-0.1, -0.05) is 25.5 Å². The van der Waals surface area contributed by atoms with Gasteiger partial charge in [0, 0.05) is 17.9 Å². The zero-order valence-corrected chi connectivity index (χ0v) is 15.7. The number of hydrogen-bond donors (Lipinski definition) is 1. The van der Waals surface area contributed by atoms with Crippen molar-refractivity contribution in [1.82, 2.24) is 4.90 Å². The predicted molar refractivity (Wildman–Crippen MR) is 104 cm³/mol. The van der Waals surface area contributed by atoms with Crippen LogP contribution in [0.2, 0.25) is 0 Å². The largest absolute Gasteiger partial charge is 0.416 e. The van der Waals surface area contributed by atoms with Crippen molar-refractivity contribution in [3.63, 3.8) is 0 Å². The normalized spacial score (nSPS) is 18.4. The topological polar surface area (TPSA) is 15.3 Å². The number of hydrogen-bond acceptors (Lipinski definition) is 2. The molecule has 1 fully saturated rings. The molecule has 2 nitrogen and oxygen atoms in total. The lowest BCUT2D eigenvalue weighted by Crippen LogP contribution is -2.35. The molecular formula is C22H27F3N2. The molecule has 0 bridgehead atoms. The van der Waals surface area contributed by atoms with Crippen LogP contribution in [0.4, 0.5) is 24.5 Å².